The van der Waals surface area contributed by atoms with E-state index in [0.717, 1.165) is 42.3 Å². The number of nitrogen functional groups attached to an aromatic ring is 1. The molecule has 49 heavy (non-hydrogen) atoms. The number of benzene rings is 3. The molecule has 0 fully saturated rings. The first-order valence-corrected chi connectivity index (χ1v) is 19.0. The lowest BCUT2D eigenvalue weighted by Gasteiger charge is -2.33. The fourth-order valence-electron chi connectivity index (χ4n) is 3.75. The maximum absolute atomic E-state index is 11.4. The minimum atomic E-state index is 0.127. The van der Waals surface area contributed by atoms with E-state index >= 15 is 0 Å². The fourth-order valence-corrected chi connectivity index (χ4v) is 4.38. The zero-order valence-corrected chi connectivity index (χ0v) is 35.6. The van der Waals surface area contributed by atoms with Gasteiger partial charge in [0.15, 0.2) is 0 Å². The number of rotatable bonds is 9. The first-order valence-electron chi connectivity index (χ1n) is 18.3. The largest absolute Gasteiger partial charge is 0.399 e. The minimum absolute atomic E-state index is 0.127. The third-order valence-electron chi connectivity index (χ3n) is 6.50. The molecule has 3 aromatic carbocycles. The van der Waals surface area contributed by atoms with Crippen LogP contribution in [-0.4, -0.2) is 5.78 Å². The van der Waals surface area contributed by atoms with Gasteiger partial charge in [-0.15, -0.1) is 0 Å². The molecule has 0 aliphatic carbocycles. The molecule has 3 nitrogen and oxygen atoms in total. The van der Waals surface area contributed by atoms with Crippen molar-refractivity contribution in [2.24, 2.45) is 11.3 Å². The highest BCUT2D eigenvalue weighted by molar-refractivity contribution is 6.34. The number of nitrogens with two attached hydrogens (primary N) is 1. The van der Waals surface area contributed by atoms with E-state index in [1.54, 1.807) is 13.0 Å². The van der Waals surface area contributed by atoms with E-state index in [4.69, 9.17) is 28.9 Å². The van der Waals surface area contributed by atoms with E-state index < -0.39 is 0 Å². The first kappa shape index (κ1) is 53.1. The number of allylic oxidation sites excluding steroid dienone is 1. The van der Waals surface area contributed by atoms with E-state index in [1.165, 1.54) is 17.5 Å². The number of hydrogen-bond donors (Lipinski definition) is 2. The van der Waals surface area contributed by atoms with Crippen molar-refractivity contribution in [2.45, 2.75) is 142 Å². The highest BCUT2D eigenvalue weighted by Crippen LogP contribution is 2.41. The van der Waals surface area contributed by atoms with Crippen LogP contribution in [0.1, 0.15) is 145 Å². The number of anilines is 1. The van der Waals surface area contributed by atoms with Crippen LogP contribution in [0.2, 0.25) is 10.0 Å². The van der Waals surface area contributed by atoms with Gasteiger partial charge in [-0.25, -0.2) is 0 Å². The monoisotopic (exact) mass is 717 g/mol. The summed E-state index contributed by atoms with van der Waals surface area (Å²) in [7, 11) is 0. The quantitative estimate of drug-likeness (QED) is 0.217. The van der Waals surface area contributed by atoms with Gasteiger partial charge in [-0.2, -0.15) is 0 Å². The second-order valence-corrected chi connectivity index (χ2v) is 13.5. The van der Waals surface area contributed by atoms with Crippen LogP contribution in [0, 0.1) is 18.3 Å². The Morgan fingerprint density at radius 3 is 1.61 bits per heavy atom. The third kappa shape index (κ3) is 32.2. The maximum Gasteiger partial charge on any atom is 0.130 e. The molecule has 0 radical (unpaired) electrons. The van der Waals surface area contributed by atoms with Gasteiger partial charge in [0.25, 0.3) is 0 Å². The number of carbonyl (C=O) groups excluding carboxylic acids is 1. The summed E-state index contributed by atoms with van der Waals surface area (Å²) in [6.45, 7) is 35.8. The average Bonchev–Trinajstić information content (AvgIpc) is 3.05. The van der Waals surface area contributed by atoms with Crippen molar-refractivity contribution in [2.75, 3.05) is 5.73 Å². The number of ketones is 1. The molecular weight excluding hydrogens is 643 g/mol. The van der Waals surface area contributed by atoms with Gasteiger partial charge < -0.3 is 15.8 Å². The highest BCUT2D eigenvalue weighted by Gasteiger charge is 2.30. The first-order chi connectivity index (χ1) is 23.0. The fraction of sp³-hybridized carbons (Fsp3) is 0.523. The summed E-state index contributed by atoms with van der Waals surface area (Å²) in [4.78, 5) is 11.4. The van der Waals surface area contributed by atoms with Crippen LogP contribution in [0.15, 0.2) is 85.1 Å². The summed E-state index contributed by atoms with van der Waals surface area (Å²) in [6.07, 6.45) is 3.90. The molecule has 0 saturated carbocycles. The Bertz CT molecular complexity index is 1140. The van der Waals surface area contributed by atoms with Gasteiger partial charge >= 0.3 is 0 Å². The molecule has 3 N–H and O–H groups in total. The van der Waals surface area contributed by atoms with Crippen LogP contribution in [0.25, 0.3) is 0 Å². The molecule has 3 aromatic rings. The van der Waals surface area contributed by atoms with Crippen LogP contribution >= 0.6 is 23.2 Å². The lowest BCUT2D eigenvalue weighted by molar-refractivity contribution is -0.118. The number of halogens is 2. The van der Waals surface area contributed by atoms with E-state index in [1.807, 2.05) is 89.2 Å². The Hall–Kier alpha value is -2.75. The molecule has 3 rings (SSSR count). The summed E-state index contributed by atoms with van der Waals surface area (Å²) < 4.78 is 0. The van der Waals surface area contributed by atoms with Crippen LogP contribution < -0.4 is 11.1 Å². The van der Waals surface area contributed by atoms with Crippen LogP contribution in [0.4, 0.5) is 5.69 Å². The van der Waals surface area contributed by atoms with Crippen molar-refractivity contribution >= 4 is 34.7 Å². The highest BCUT2D eigenvalue weighted by atomic mass is 35.5. The molecule has 0 heterocycles. The maximum atomic E-state index is 11.4. The molecule has 0 amide bonds. The lowest BCUT2D eigenvalue weighted by atomic mass is 9.71. The molecule has 5 heteroatoms. The van der Waals surface area contributed by atoms with Crippen molar-refractivity contribution in [3.8, 4) is 0 Å². The van der Waals surface area contributed by atoms with Gasteiger partial charge in [0.1, 0.15) is 5.78 Å². The molecule has 0 aliphatic rings. The van der Waals surface area contributed by atoms with Gasteiger partial charge in [0, 0.05) is 34.4 Å². The Labute approximate surface area is 314 Å². The third-order valence-corrected chi connectivity index (χ3v) is 6.94. The summed E-state index contributed by atoms with van der Waals surface area (Å²) in [5, 5.41) is 4.64. The second kappa shape index (κ2) is 33.7. The SMILES string of the molecule is C=C(CC)NCc1ccccc1.CC.CC.CC(C)C.CCC.CCC(C)(C)C(CC(C)=O)c1ccc(N)cc1.Cc1cc(Cl)cc(Cl)c1. The Kier molecular flexibility index (Phi) is 36.5. The van der Waals surface area contributed by atoms with Crippen molar-refractivity contribution in [1.29, 1.82) is 0 Å². The van der Waals surface area contributed by atoms with Gasteiger partial charge in [-0.3, -0.25) is 0 Å². The topological polar surface area (TPSA) is 55.1 Å². The van der Waals surface area contributed by atoms with Crippen LogP contribution in [-0.2, 0) is 11.3 Å². The predicted octanol–water partition coefficient (Wildman–Crippen LogP) is 14.9. The normalized spacial score (nSPS) is 10.1. The van der Waals surface area contributed by atoms with Crippen molar-refractivity contribution < 1.29 is 4.79 Å². The Morgan fingerprint density at radius 2 is 1.27 bits per heavy atom. The Morgan fingerprint density at radius 1 is 0.837 bits per heavy atom. The molecular formula is C44H74Cl2N2O. The number of nitrogens with one attached hydrogen (secondary N) is 1. The zero-order valence-electron chi connectivity index (χ0n) is 34.1. The van der Waals surface area contributed by atoms with Crippen LogP contribution in [0.3, 0.4) is 0 Å². The smallest absolute Gasteiger partial charge is 0.130 e. The standard InChI is InChI=1S/C15H23NO.C11H15N.C7H6Cl2.C4H10.C3H8.2C2H6/c1-5-15(3,4)14(10-11(2)17)12-6-8-13(16)9-7-12;1-3-10(2)12-9-11-7-5-4-6-8-11;1-5-2-6(8)4-7(9)3-5;1-4(2)3;1-3-2;2*1-2/h6-9,14H,5,10,16H2,1-4H3;4-8,12H,2-3,9H2,1H3;2-4H,1H3;4H,1-3H3;3H2,1-2H3;2*1-2H3. The number of Topliss-reactive ketones (excluding diaryl/α,β-unsaturated/α-hetero) is 1. The zero-order chi connectivity index (χ0) is 39.0. The number of aryl methyl sites for hydroxylation is 1. The molecule has 1 atom stereocenters. The minimum Gasteiger partial charge on any atom is -0.399 e. The van der Waals surface area contributed by atoms with Crippen molar-refractivity contribution in [3.05, 3.63) is 112 Å². The predicted molar refractivity (Wildman–Crippen MR) is 226 cm³/mol. The molecule has 0 saturated heterocycles. The van der Waals surface area contributed by atoms with Crippen molar-refractivity contribution in [3.63, 3.8) is 0 Å². The van der Waals surface area contributed by atoms with E-state index in [9.17, 15) is 4.79 Å². The molecule has 1 unspecified atom stereocenters. The second-order valence-electron chi connectivity index (χ2n) is 12.6. The van der Waals surface area contributed by atoms with E-state index in [2.05, 4.69) is 86.3 Å². The van der Waals surface area contributed by atoms with E-state index in [0.29, 0.717) is 16.5 Å². The molecule has 280 valence electrons. The van der Waals surface area contributed by atoms with Gasteiger partial charge in [-0.1, -0.05) is 175 Å². The van der Waals surface area contributed by atoms with Gasteiger partial charge in [0.05, 0.1) is 0 Å². The average molecular weight is 718 g/mol. The summed E-state index contributed by atoms with van der Waals surface area (Å²) in [6, 6.07) is 23.7. The summed E-state index contributed by atoms with van der Waals surface area (Å²) in [5.74, 6) is 1.35. The summed E-state index contributed by atoms with van der Waals surface area (Å²) in [5.41, 5.74) is 11.3. The molecule has 0 aromatic heterocycles. The molecule has 0 spiro atoms. The molecule has 0 aliphatic heterocycles. The van der Waals surface area contributed by atoms with E-state index in [-0.39, 0.29) is 17.1 Å². The van der Waals surface area contributed by atoms with Crippen molar-refractivity contribution in [1.82, 2.24) is 5.32 Å². The number of carbonyl (C=O) groups is 1. The van der Waals surface area contributed by atoms with Gasteiger partial charge in [-0.05, 0) is 84.5 Å². The lowest BCUT2D eigenvalue weighted by Crippen LogP contribution is -2.23. The van der Waals surface area contributed by atoms with Gasteiger partial charge in [0.2, 0.25) is 0 Å². The van der Waals surface area contributed by atoms with Crippen LogP contribution in [0.5, 0.6) is 0 Å². The summed E-state index contributed by atoms with van der Waals surface area (Å²) >= 11 is 11.3. The molecule has 0 bridgehead atoms. The number of hydrogen-bond acceptors (Lipinski definition) is 3. The Balaban J connectivity index is -0.000000277.